The van der Waals surface area contributed by atoms with Gasteiger partial charge in [0.2, 0.25) is 5.91 Å². The summed E-state index contributed by atoms with van der Waals surface area (Å²) in [6.45, 7) is 4.91. The summed E-state index contributed by atoms with van der Waals surface area (Å²) >= 11 is 3.27. The van der Waals surface area contributed by atoms with Crippen molar-refractivity contribution < 1.29 is 4.79 Å². The highest BCUT2D eigenvalue weighted by atomic mass is 32.2. The highest BCUT2D eigenvalue weighted by molar-refractivity contribution is 8.01. The van der Waals surface area contributed by atoms with Gasteiger partial charge in [0.15, 0.2) is 0 Å². The Bertz CT molecular complexity index is 445. The zero-order valence-corrected chi connectivity index (χ0v) is 13.1. The molecule has 1 aliphatic carbocycles. The van der Waals surface area contributed by atoms with Gasteiger partial charge in [-0.2, -0.15) is 0 Å². The summed E-state index contributed by atoms with van der Waals surface area (Å²) in [4.78, 5) is 16.4. The van der Waals surface area contributed by atoms with Gasteiger partial charge in [0.1, 0.15) is 9.88 Å². The molecule has 1 aromatic rings. The van der Waals surface area contributed by atoms with Gasteiger partial charge < -0.3 is 11.1 Å². The van der Waals surface area contributed by atoms with Crippen LogP contribution in [0.4, 0.5) is 0 Å². The van der Waals surface area contributed by atoms with Gasteiger partial charge >= 0.3 is 0 Å². The molecular formula is C13H21N3OS2. The van der Waals surface area contributed by atoms with Crippen molar-refractivity contribution in [2.45, 2.75) is 43.0 Å². The first-order chi connectivity index (χ1) is 9.08. The van der Waals surface area contributed by atoms with Crippen LogP contribution in [0, 0.1) is 12.8 Å². The molecule has 0 bridgehead atoms. The molecule has 0 saturated heterocycles. The van der Waals surface area contributed by atoms with Gasteiger partial charge in [0, 0.05) is 16.8 Å². The zero-order valence-electron chi connectivity index (χ0n) is 11.4. The van der Waals surface area contributed by atoms with Crippen molar-refractivity contribution >= 4 is 29.0 Å². The van der Waals surface area contributed by atoms with E-state index in [1.807, 2.05) is 12.3 Å². The second-order valence-corrected chi connectivity index (χ2v) is 7.16. The van der Waals surface area contributed by atoms with Gasteiger partial charge in [0.25, 0.3) is 0 Å². The molecule has 1 saturated carbocycles. The number of hydrogen-bond donors (Lipinski definition) is 2. The van der Waals surface area contributed by atoms with E-state index in [1.165, 1.54) is 0 Å². The maximum atomic E-state index is 12.0. The molecule has 1 amide bonds. The number of aromatic nitrogens is 1. The van der Waals surface area contributed by atoms with Crippen molar-refractivity contribution in [1.29, 1.82) is 0 Å². The van der Waals surface area contributed by atoms with Crippen LogP contribution in [0.3, 0.4) is 0 Å². The average molecular weight is 299 g/mol. The van der Waals surface area contributed by atoms with Crippen molar-refractivity contribution in [3.8, 4) is 0 Å². The first kappa shape index (κ1) is 14.8. The Morgan fingerprint density at radius 3 is 2.89 bits per heavy atom. The highest BCUT2D eigenvalue weighted by Gasteiger charge is 2.49. The second-order valence-electron chi connectivity index (χ2n) is 5.08. The number of nitrogens with two attached hydrogens (primary N) is 1. The van der Waals surface area contributed by atoms with Crippen LogP contribution >= 0.6 is 23.1 Å². The molecule has 1 fully saturated rings. The number of amides is 1. The Balaban J connectivity index is 2.05. The van der Waals surface area contributed by atoms with E-state index in [2.05, 4.69) is 17.2 Å². The number of hydrogen-bond acceptors (Lipinski definition) is 5. The summed E-state index contributed by atoms with van der Waals surface area (Å²) in [5.41, 5.74) is 6.17. The SMILES string of the molecule is CCCNC(CSc1nc(C)cs1)(C(N)=O)C1CC1. The van der Waals surface area contributed by atoms with E-state index in [9.17, 15) is 4.79 Å². The average Bonchev–Trinajstić information content (AvgIpc) is 3.13. The zero-order chi connectivity index (χ0) is 13.9. The molecule has 6 heteroatoms. The smallest absolute Gasteiger partial charge is 0.238 e. The predicted molar refractivity (Wildman–Crippen MR) is 80.5 cm³/mol. The summed E-state index contributed by atoms with van der Waals surface area (Å²) in [6.07, 6.45) is 3.19. The molecule has 19 heavy (non-hydrogen) atoms. The first-order valence-corrected chi connectivity index (χ1v) is 8.55. The summed E-state index contributed by atoms with van der Waals surface area (Å²) < 4.78 is 1.02. The number of primary amides is 1. The lowest BCUT2D eigenvalue weighted by atomic mass is 9.94. The lowest BCUT2D eigenvalue weighted by molar-refractivity contribution is -0.124. The van der Waals surface area contributed by atoms with Crippen molar-refractivity contribution in [2.75, 3.05) is 12.3 Å². The molecular weight excluding hydrogens is 278 g/mol. The third kappa shape index (κ3) is 3.49. The third-order valence-corrected chi connectivity index (χ3v) is 5.76. The molecule has 0 radical (unpaired) electrons. The van der Waals surface area contributed by atoms with Crippen LogP contribution in [0.15, 0.2) is 9.72 Å². The van der Waals surface area contributed by atoms with Crippen LogP contribution in [0.2, 0.25) is 0 Å². The van der Waals surface area contributed by atoms with Gasteiger partial charge in [-0.3, -0.25) is 4.79 Å². The summed E-state index contributed by atoms with van der Waals surface area (Å²) in [7, 11) is 0. The number of rotatable bonds is 8. The fraction of sp³-hybridized carbons (Fsp3) is 0.692. The van der Waals surface area contributed by atoms with E-state index >= 15 is 0 Å². The monoisotopic (exact) mass is 299 g/mol. The van der Waals surface area contributed by atoms with Gasteiger partial charge in [-0.05, 0) is 38.6 Å². The number of thiazole rings is 1. The molecule has 2 rings (SSSR count). The normalized spacial score (nSPS) is 18.2. The van der Waals surface area contributed by atoms with Crippen molar-refractivity contribution in [1.82, 2.24) is 10.3 Å². The topological polar surface area (TPSA) is 68.0 Å². The number of carbonyl (C=O) groups is 1. The molecule has 4 nitrogen and oxygen atoms in total. The van der Waals surface area contributed by atoms with E-state index < -0.39 is 5.54 Å². The van der Waals surface area contributed by atoms with Crippen LogP contribution in [0.25, 0.3) is 0 Å². The molecule has 1 heterocycles. The summed E-state index contributed by atoms with van der Waals surface area (Å²) in [5.74, 6) is 0.856. The fourth-order valence-corrected chi connectivity index (χ4v) is 4.32. The van der Waals surface area contributed by atoms with Crippen molar-refractivity contribution in [3.05, 3.63) is 11.1 Å². The first-order valence-electron chi connectivity index (χ1n) is 6.68. The lowest BCUT2D eigenvalue weighted by Crippen LogP contribution is -2.59. The molecule has 1 atom stereocenters. The number of carbonyl (C=O) groups excluding carboxylic acids is 1. The minimum atomic E-state index is -0.555. The molecule has 1 aromatic heterocycles. The van der Waals surface area contributed by atoms with E-state index in [0.29, 0.717) is 11.7 Å². The molecule has 0 aromatic carbocycles. The molecule has 106 valence electrons. The van der Waals surface area contributed by atoms with Crippen LogP contribution in [0.1, 0.15) is 31.9 Å². The van der Waals surface area contributed by atoms with E-state index in [1.54, 1.807) is 23.1 Å². The maximum absolute atomic E-state index is 12.0. The van der Waals surface area contributed by atoms with Crippen molar-refractivity contribution in [2.24, 2.45) is 11.7 Å². The summed E-state index contributed by atoms with van der Waals surface area (Å²) in [6, 6.07) is 0. The molecule has 3 N–H and O–H groups in total. The Labute approximate surface area is 122 Å². The molecule has 1 unspecified atom stereocenters. The van der Waals surface area contributed by atoms with Gasteiger partial charge in [-0.15, -0.1) is 11.3 Å². The van der Waals surface area contributed by atoms with Crippen LogP contribution in [-0.2, 0) is 4.79 Å². The minimum absolute atomic E-state index is 0.218. The van der Waals surface area contributed by atoms with Gasteiger partial charge in [0.05, 0.1) is 0 Å². The second kappa shape index (κ2) is 6.24. The fourth-order valence-electron chi connectivity index (χ4n) is 2.17. The number of nitrogens with one attached hydrogen (secondary N) is 1. The highest BCUT2D eigenvalue weighted by Crippen LogP contribution is 2.42. The largest absolute Gasteiger partial charge is 0.368 e. The van der Waals surface area contributed by atoms with Crippen LogP contribution in [0.5, 0.6) is 0 Å². The Morgan fingerprint density at radius 2 is 2.42 bits per heavy atom. The van der Waals surface area contributed by atoms with E-state index in [4.69, 9.17) is 5.73 Å². The standard InChI is InChI=1S/C13H21N3OS2/c1-3-6-15-13(11(14)17,10-4-5-10)8-19-12-16-9(2)7-18-12/h7,10,15H,3-6,8H2,1-2H3,(H2,14,17). The number of nitrogens with zero attached hydrogens (tertiary/aromatic N) is 1. The maximum Gasteiger partial charge on any atom is 0.238 e. The third-order valence-electron chi connectivity index (χ3n) is 3.43. The predicted octanol–water partition coefficient (Wildman–Crippen LogP) is 2.18. The van der Waals surface area contributed by atoms with E-state index in [0.717, 1.165) is 35.8 Å². The minimum Gasteiger partial charge on any atom is -0.368 e. The Hall–Kier alpha value is -0.590. The molecule has 0 aliphatic heterocycles. The number of aryl methyl sites for hydroxylation is 1. The van der Waals surface area contributed by atoms with Gasteiger partial charge in [-0.1, -0.05) is 18.7 Å². The van der Waals surface area contributed by atoms with Crippen LogP contribution in [-0.4, -0.2) is 28.7 Å². The van der Waals surface area contributed by atoms with Crippen molar-refractivity contribution in [3.63, 3.8) is 0 Å². The van der Waals surface area contributed by atoms with E-state index in [-0.39, 0.29) is 5.91 Å². The quantitative estimate of drug-likeness (QED) is 0.722. The Kier molecular flexibility index (Phi) is 4.86. The molecule has 0 spiro atoms. The molecule has 1 aliphatic rings. The summed E-state index contributed by atoms with van der Waals surface area (Å²) in [5, 5.41) is 5.44. The Morgan fingerprint density at radius 1 is 1.68 bits per heavy atom. The van der Waals surface area contributed by atoms with Crippen LogP contribution < -0.4 is 11.1 Å². The van der Waals surface area contributed by atoms with Gasteiger partial charge in [-0.25, -0.2) is 4.98 Å². The number of thioether (sulfide) groups is 1. The lowest BCUT2D eigenvalue weighted by Gasteiger charge is -2.31.